The van der Waals surface area contributed by atoms with Gasteiger partial charge in [0.15, 0.2) is 5.69 Å². The average Bonchev–Trinajstić information content (AvgIpc) is 2.39. The van der Waals surface area contributed by atoms with Crippen molar-refractivity contribution in [1.29, 1.82) is 0 Å². The maximum absolute atomic E-state index is 11.9. The van der Waals surface area contributed by atoms with Gasteiger partial charge in [0, 0.05) is 19.3 Å². The Labute approximate surface area is 109 Å². The van der Waals surface area contributed by atoms with Crippen molar-refractivity contribution in [2.24, 2.45) is 0 Å². The standard InChI is InChI=1S/C14H22N2O2/c1-4-10-16(11-5-2)12-8-7-9-15-13(12)14(17)18-6-3/h7-9H,4-6,10-11H2,1-3H3. The van der Waals surface area contributed by atoms with Crippen molar-refractivity contribution in [3.05, 3.63) is 24.0 Å². The molecule has 0 aromatic carbocycles. The Morgan fingerprint density at radius 1 is 1.28 bits per heavy atom. The number of pyridine rings is 1. The van der Waals surface area contributed by atoms with Gasteiger partial charge >= 0.3 is 5.97 Å². The van der Waals surface area contributed by atoms with Crippen LogP contribution in [-0.2, 0) is 4.74 Å². The van der Waals surface area contributed by atoms with E-state index in [2.05, 4.69) is 23.7 Å². The summed E-state index contributed by atoms with van der Waals surface area (Å²) in [7, 11) is 0. The van der Waals surface area contributed by atoms with Gasteiger partial charge in [-0.1, -0.05) is 13.8 Å². The third-order valence-electron chi connectivity index (χ3n) is 2.58. The number of ether oxygens (including phenoxy) is 1. The van der Waals surface area contributed by atoms with Gasteiger partial charge in [-0.15, -0.1) is 0 Å². The molecule has 0 unspecified atom stereocenters. The predicted molar refractivity (Wildman–Crippen MR) is 73.0 cm³/mol. The molecule has 1 aromatic heterocycles. The van der Waals surface area contributed by atoms with Gasteiger partial charge in [0.05, 0.1) is 12.3 Å². The second-order valence-electron chi connectivity index (χ2n) is 4.08. The van der Waals surface area contributed by atoms with Crippen LogP contribution < -0.4 is 4.90 Å². The first-order valence-electron chi connectivity index (χ1n) is 6.61. The van der Waals surface area contributed by atoms with Crippen LogP contribution in [0.4, 0.5) is 5.69 Å². The van der Waals surface area contributed by atoms with Crippen molar-refractivity contribution in [1.82, 2.24) is 4.98 Å². The smallest absolute Gasteiger partial charge is 0.359 e. The lowest BCUT2D eigenvalue weighted by molar-refractivity contribution is 0.0520. The zero-order valence-electron chi connectivity index (χ0n) is 11.5. The molecule has 4 nitrogen and oxygen atoms in total. The normalized spacial score (nSPS) is 10.2. The van der Waals surface area contributed by atoms with Gasteiger partial charge < -0.3 is 9.64 Å². The minimum atomic E-state index is -0.342. The summed E-state index contributed by atoms with van der Waals surface area (Å²) in [6, 6.07) is 3.79. The maximum atomic E-state index is 11.9. The zero-order chi connectivity index (χ0) is 13.4. The van der Waals surface area contributed by atoms with E-state index in [1.807, 2.05) is 12.1 Å². The average molecular weight is 250 g/mol. The van der Waals surface area contributed by atoms with Crippen LogP contribution in [0.2, 0.25) is 0 Å². The van der Waals surface area contributed by atoms with Crippen LogP contribution in [0.3, 0.4) is 0 Å². The molecule has 0 aliphatic rings. The van der Waals surface area contributed by atoms with E-state index in [-0.39, 0.29) is 5.97 Å². The van der Waals surface area contributed by atoms with Crippen LogP contribution in [-0.4, -0.2) is 30.6 Å². The van der Waals surface area contributed by atoms with Gasteiger partial charge in [0.25, 0.3) is 0 Å². The highest BCUT2D eigenvalue weighted by Gasteiger charge is 2.17. The monoisotopic (exact) mass is 250 g/mol. The summed E-state index contributed by atoms with van der Waals surface area (Å²) in [5.74, 6) is -0.342. The highest BCUT2D eigenvalue weighted by Crippen LogP contribution is 2.19. The number of aromatic nitrogens is 1. The van der Waals surface area contributed by atoms with E-state index in [0.29, 0.717) is 12.3 Å². The summed E-state index contributed by atoms with van der Waals surface area (Å²) in [5.41, 5.74) is 1.29. The van der Waals surface area contributed by atoms with Crippen LogP contribution in [0.5, 0.6) is 0 Å². The molecule has 0 fully saturated rings. The van der Waals surface area contributed by atoms with E-state index < -0.39 is 0 Å². The molecule has 0 saturated heterocycles. The van der Waals surface area contributed by atoms with Crippen molar-refractivity contribution in [2.45, 2.75) is 33.6 Å². The molecule has 100 valence electrons. The molecule has 4 heteroatoms. The predicted octanol–water partition coefficient (Wildman–Crippen LogP) is 2.88. The summed E-state index contributed by atoms with van der Waals surface area (Å²) in [4.78, 5) is 18.2. The lowest BCUT2D eigenvalue weighted by atomic mass is 10.2. The Hall–Kier alpha value is -1.58. The maximum Gasteiger partial charge on any atom is 0.359 e. The summed E-state index contributed by atoms with van der Waals surface area (Å²) in [6.45, 7) is 8.27. The quantitative estimate of drug-likeness (QED) is 0.698. The van der Waals surface area contributed by atoms with Crippen molar-refractivity contribution >= 4 is 11.7 Å². The zero-order valence-corrected chi connectivity index (χ0v) is 11.5. The fourth-order valence-electron chi connectivity index (χ4n) is 1.90. The van der Waals surface area contributed by atoms with Crippen LogP contribution >= 0.6 is 0 Å². The molecule has 0 radical (unpaired) electrons. The topological polar surface area (TPSA) is 42.4 Å². The van der Waals surface area contributed by atoms with E-state index in [1.54, 1.807) is 13.1 Å². The second kappa shape index (κ2) is 7.69. The molecule has 1 rings (SSSR count). The number of carbonyl (C=O) groups excluding carboxylic acids is 1. The summed E-state index contributed by atoms with van der Waals surface area (Å²) in [5, 5.41) is 0. The van der Waals surface area contributed by atoms with Crippen LogP contribution in [0, 0.1) is 0 Å². The molecule has 0 aliphatic carbocycles. The van der Waals surface area contributed by atoms with Crippen molar-refractivity contribution in [3.63, 3.8) is 0 Å². The molecule has 0 spiro atoms. The molecule has 1 heterocycles. The first kappa shape index (κ1) is 14.5. The number of carbonyl (C=O) groups is 1. The van der Waals surface area contributed by atoms with Gasteiger partial charge in [-0.25, -0.2) is 9.78 Å². The molecule has 0 amide bonds. The Kier molecular flexibility index (Phi) is 6.19. The Balaban J connectivity index is 3.01. The Morgan fingerprint density at radius 2 is 1.94 bits per heavy atom. The number of hydrogen-bond acceptors (Lipinski definition) is 4. The third kappa shape index (κ3) is 3.72. The highest BCUT2D eigenvalue weighted by atomic mass is 16.5. The van der Waals surface area contributed by atoms with Gasteiger partial charge in [-0.2, -0.15) is 0 Å². The third-order valence-corrected chi connectivity index (χ3v) is 2.58. The molecule has 0 saturated carbocycles. The lowest BCUT2D eigenvalue weighted by Gasteiger charge is -2.25. The minimum absolute atomic E-state index is 0.342. The first-order valence-corrected chi connectivity index (χ1v) is 6.61. The molecular weight excluding hydrogens is 228 g/mol. The fraction of sp³-hybridized carbons (Fsp3) is 0.571. The first-order chi connectivity index (χ1) is 8.74. The molecule has 1 aromatic rings. The number of anilines is 1. The van der Waals surface area contributed by atoms with Crippen LogP contribution in [0.1, 0.15) is 44.1 Å². The van der Waals surface area contributed by atoms with E-state index in [9.17, 15) is 4.79 Å². The second-order valence-corrected chi connectivity index (χ2v) is 4.08. The molecule has 0 N–H and O–H groups in total. The molecule has 0 aliphatic heterocycles. The molecular formula is C14H22N2O2. The lowest BCUT2D eigenvalue weighted by Crippen LogP contribution is -2.27. The number of hydrogen-bond donors (Lipinski definition) is 0. The minimum Gasteiger partial charge on any atom is -0.461 e. The van der Waals surface area contributed by atoms with E-state index in [1.165, 1.54) is 0 Å². The van der Waals surface area contributed by atoms with Crippen molar-refractivity contribution < 1.29 is 9.53 Å². The van der Waals surface area contributed by atoms with E-state index in [0.717, 1.165) is 31.6 Å². The summed E-state index contributed by atoms with van der Waals surface area (Å²) in [6.07, 6.45) is 3.71. The van der Waals surface area contributed by atoms with E-state index >= 15 is 0 Å². The Morgan fingerprint density at radius 3 is 2.50 bits per heavy atom. The SMILES string of the molecule is CCCN(CCC)c1cccnc1C(=O)OCC. The molecule has 0 atom stereocenters. The van der Waals surface area contributed by atoms with Crippen LogP contribution in [0.25, 0.3) is 0 Å². The molecule has 18 heavy (non-hydrogen) atoms. The number of rotatable bonds is 7. The van der Waals surface area contributed by atoms with Gasteiger partial charge in [-0.3, -0.25) is 0 Å². The fourth-order valence-corrected chi connectivity index (χ4v) is 1.90. The number of esters is 1. The summed E-state index contributed by atoms with van der Waals surface area (Å²) >= 11 is 0. The van der Waals surface area contributed by atoms with Crippen LogP contribution in [0.15, 0.2) is 18.3 Å². The number of nitrogens with zero attached hydrogens (tertiary/aromatic N) is 2. The van der Waals surface area contributed by atoms with Gasteiger partial charge in [-0.05, 0) is 31.9 Å². The van der Waals surface area contributed by atoms with E-state index in [4.69, 9.17) is 4.74 Å². The van der Waals surface area contributed by atoms with Gasteiger partial charge in [0.2, 0.25) is 0 Å². The van der Waals surface area contributed by atoms with Crippen molar-refractivity contribution in [3.8, 4) is 0 Å². The van der Waals surface area contributed by atoms with Crippen molar-refractivity contribution in [2.75, 3.05) is 24.6 Å². The highest BCUT2D eigenvalue weighted by molar-refractivity contribution is 5.93. The Bertz CT molecular complexity index is 374. The molecule has 0 bridgehead atoms. The summed E-state index contributed by atoms with van der Waals surface area (Å²) < 4.78 is 5.05. The largest absolute Gasteiger partial charge is 0.461 e. The van der Waals surface area contributed by atoms with Gasteiger partial charge in [0.1, 0.15) is 0 Å².